The van der Waals surface area contributed by atoms with Crippen molar-refractivity contribution in [2.24, 2.45) is 0 Å². The van der Waals surface area contributed by atoms with Crippen LogP contribution in [0.1, 0.15) is 40.5 Å². The van der Waals surface area contributed by atoms with Crippen LogP contribution in [0.3, 0.4) is 0 Å². The molecule has 1 aromatic rings. The Morgan fingerprint density at radius 3 is 2.86 bits per heavy atom. The summed E-state index contributed by atoms with van der Waals surface area (Å²) in [6, 6.07) is 3.45. The van der Waals surface area contributed by atoms with Gasteiger partial charge in [0.1, 0.15) is 16.7 Å². The van der Waals surface area contributed by atoms with Crippen molar-refractivity contribution in [2.75, 3.05) is 6.54 Å². The number of likely N-dealkylation sites (tertiary alicyclic amines) is 1. The SMILES string of the molecule is CC(Oc1ncccc1Cl)[C@H]1CCCN1C(=O)OC(C)(C)C. The summed E-state index contributed by atoms with van der Waals surface area (Å²) < 4.78 is 11.3. The molecule has 0 saturated carbocycles. The van der Waals surface area contributed by atoms with Gasteiger partial charge in [0, 0.05) is 12.7 Å². The Bertz CT molecular complexity index is 530. The van der Waals surface area contributed by atoms with Gasteiger partial charge in [-0.05, 0) is 52.7 Å². The fourth-order valence-electron chi connectivity index (χ4n) is 2.54. The monoisotopic (exact) mass is 326 g/mol. The maximum atomic E-state index is 12.3. The summed E-state index contributed by atoms with van der Waals surface area (Å²) in [5.41, 5.74) is -0.501. The first-order chi connectivity index (χ1) is 10.3. The molecule has 1 saturated heterocycles. The van der Waals surface area contributed by atoms with Crippen molar-refractivity contribution in [3.8, 4) is 5.88 Å². The topological polar surface area (TPSA) is 51.7 Å². The first-order valence-electron chi connectivity index (χ1n) is 7.55. The van der Waals surface area contributed by atoms with E-state index in [1.165, 1.54) is 0 Å². The highest BCUT2D eigenvalue weighted by atomic mass is 35.5. The molecule has 0 aromatic carbocycles. The van der Waals surface area contributed by atoms with Gasteiger partial charge in [0.05, 0.1) is 6.04 Å². The molecule has 6 heteroatoms. The van der Waals surface area contributed by atoms with Gasteiger partial charge in [-0.1, -0.05) is 11.6 Å². The zero-order valence-corrected chi connectivity index (χ0v) is 14.3. The highest BCUT2D eigenvalue weighted by Gasteiger charge is 2.36. The normalized spacial score (nSPS) is 19.9. The van der Waals surface area contributed by atoms with Crippen LogP contribution in [0.5, 0.6) is 5.88 Å². The number of hydrogen-bond acceptors (Lipinski definition) is 4. The number of hydrogen-bond donors (Lipinski definition) is 0. The summed E-state index contributed by atoms with van der Waals surface area (Å²) in [6.07, 6.45) is 2.95. The quantitative estimate of drug-likeness (QED) is 0.845. The van der Waals surface area contributed by atoms with E-state index in [1.807, 2.05) is 27.7 Å². The average molecular weight is 327 g/mol. The lowest BCUT2D eigenvalue weighted by atomic mass is 10.1. The van der Waals surface area contributed by atoms with Crippen molar-refractivity contribution in [3.63, 3.8) is 0 Å². The molecule has 1 aliphatic rings. The third-order valence-corrected chi connectivity index (χ3v) is 3.78. The van der Waals surface area contributed by atoms with Crippen LogP contribution in [0.4, 0.5) is 4.79 Å². The Morgan fingerprint density at radius 1 is 1.50 bits per heavy atom. The van der Waals surface area contributed by atoms with Crippen LogP contribution < -0.4 is 4.74 Å². The fraction of sp³-hybridized carbons (Fsp3) is 0.625. The molecule has 0 N–H and O–H groups in total. The molecule has 1 aliphatic heterocycles. The second-order valence-corrected chi connectivity index (χ2v) is 6.90. The number of rotatable bonds is 3. The van der Waals surface area contributed by atoms with E-state index in [9.17, 15) is 4.79 Å². The zero-order valence-electron chi connectivity index (χ0n) is 13.5. The standard InChI is InChI=1S/C16H23ClN2O3/c1-11(21-14-12(17)7-5-9-18-14)13-8-6-10-19(13)15(20)22-16(2,3)4/h5,7,9,11,13H,6,8,10H2,1-4H3/t11?,13-/m1/s1. The smallest absolute Gasteiger partial charge is 0.410 e. The van der Waals surface area contributed by atoms with E-state index < -0.39 is 5.60 Å². The lowest BCUT2D eigenvalue weighted by Gasteiger charge is -2.31. The third-order valence-electron chi connectivity index (χ3n) is 3.49. The van der Waals surface area contributed by atoms with Gasteiger partial charge in [0.25, 0.3) is 0 Å². The van der Waals surface area contributed by atoms with Crippen LogP contribution in [0.2, 0.25) is 5.02 Å². The van der Waals surface area contributed by atoms with E-state index in [0.29, 0.717) is 17.4 Å². The Balaban J connectivity index is 2.03. The highest BCUT2D eigenvalue weighted by Crippen LogP contribution is 2.27. The van der Waals surface area contributed by atoms with Gasteiger partial charge < -0.3 is 14.4 Å². The summed E-state index contributed by atoms with van der Waals surface area (Å²) in [5.74, 6) is 0.396. The first kappa shape index (κ1) is 16.9. The third kappa shape index (κ3) is 4.26. The van der Waals surface area contributed by atoms with Crippen molar-refractivity contribution in [1.29, 1.82) is 0 Å². The Kier molecular flexibility index (Phi) is 5.16. The molecule has 2 rings (SSSR count). The van der Waals surface area contributed by atoms with Crippen LogP contribution in [0, 0.1) is 0 Å². The first-order valence-corrected chi connectivity index (χ1v) is 7.92. The zero-order chi connectivity index (χ0) is 16.3. The minimum Gasteiger partial charge on any atom is -0.471 e. The summed E-state index contributed by atoms with van der Waals surface area (Å²) in [4.78, 5) is 18.2. The molecular formula is C16H23ClN2O3. The lowest BCUT2D eigenvalue weighted by Crippen LogP contribution is -2.46. The summed E-state index contributed by atoms with van der Waals surface area (Å²) in [6.45, 7) is 8.21. The van der Waals surface area contributed by atoms with Crippen LogP contribution in [-0.2, 0) is 4.74 Å². The van der Waals surface area contributed by atoms with Crippen molar-refractivity contribution in [2.45, 2.75) is 58.3 Å². The van der Waals surface area contributed by atoms with Crippen molar-refractivity contribution in [1.82, 2.24) is 9.88 Å². The number of halogens is 1. The van der Waals surface area contributed by atoms with Gasteiger partial charge in [-0.25, -0.2) is 9.78 Å². The largest absolute Gasteiger partial charge is 0.471 e. The van der Waals surface area contributed by atoms with Crippen LogP contribution in [-0.4, -0.2) is 40.3 Å². The molecule has 5 nitrogen and oxygen atoms in total. The Morgan fingerprint density at radius 2 is 2.23 bits per heavy atom. The molecule has 1 unspecified atom stereocenters. The average Bonchev–Trinajstić information content (AvgIpc) is 2.89. The van der Waals surface area contributed by atoms with E-state index in [1.54, 1.807) is 23.2 Å². The number of ether oxygens (including phenoxy) is 2. The summed E-state index contributed by atoms with van der Waals surface area (Å²) in [5, 5.41) is 0.469. The predicted molar refractivity (Wildman–Crippen MR) is 85.3 cm³/mol. The molecule has 2 heterocycles. The van der Waals surface area contributed by atoms with Gasteiger partial charge in [-0.2, -0.15) is 0 Å². The molecule has 22 heavy (non-hydrogen) atoms. The number of aromatic nitrogens is 1. The molecular weight excluding hydrogens is 304 g/mol. The van der Waals surface area contributed by atoms with Crippen molar-refractivity contribution in [3.05, 3.63) is 23.4 Å². The molecule has 0 bridgehead atoms. The number of carbonyl (C=O) groups excluding carboxylic acids is 1. The highest BCUT2D eigenvalue weighted by molar-refractivity contribution is 6.31. The molecule has 1 amide bonds. The second kappa shape index (κ2) is 6.73. The molecule has 0 radical (unpaired) electrons. The summed E-state index contributed by atoms with van der Waals surface area (Å²) >= 11 is 6.07. The van der Waals surface area contributed by atoms with E-state index in [4.69, 9.17) is 21.1 Å². The maximum Gasteiger partial charge on any atom is 0.410 e. The van der Waals surface area contributed by atoms with Crippen molar-refractivity contribution >= 4 is 17.7 Å². The summed E-state index contributed by atoms with van der Waals surface area (Å²) in [7, 11) is 0. The predicted octanol–water partition coefficient (Wildman–Crippen LogP) is 3.90. The number of carbonyl (C=O) groups is 1. The maximum absolute atomic E-state index is 12.3. The molecule has 2 atom stereocenters. The van der Waals surface area contributed by atoms with Gasteiger partial charge in [0.15, 0.2) is 0 Å². The fourth-order valence-corrected chi connectivity index (χ4v) is 2.71. The minimum absolute atomic E-state index is 0.0343. The van der Waals surface area contributed by atoms with E-state index >= 15 is 0 Å². The van der Waals surface area contributed by atoms with Crippen LogP contribution in [0.15, 0.2) is 18.3 Å². The van der Waals surface area contributed by atoms with Gasteiger partial charge in [-0.15, -0.1) is 0 Å². The van der Waals surface area contributed by atoms with E-state index in [2.05, 4.69) is 4.98 Å². The van der Waals surface area contributed by atoms with E-state index in [-0.39, 0.29) is 18.2 Å². The van der Waals surface area contributed by atoms with Gasteiger partial charge in [0.2, 0.25) is 5.88 Å². The van der Waals surface area contributed by atoms with Gasteiger partial charge >= 0.3 is 6.09 Å². The molecule has 0 aliphatic carbocycles. The van der Waals surface area contributed by atoms with Crippen LogP contribution >= 0.6 is 11.6 Å². The van der Waals surface area contributed by atoms with Gasteiger partial charge in [-0.3, -0.25) is 0 Å². The van der Waals surface area contributed by atoms with Crippen LogP contribution in [0.25, 0.3) is 0 Å². The Hall–Kier alpha value is -1.49. The van der Waals surface area contributed by atoms with Crippen molar-refractivity contribution < 1.29 is 14.3 Å². The lowest BCUT2D eigenvalue weighted by molar-refractivity contribution is 0.0107. The number of nitrogens with zero attached hydrogens (tertiary/aromatic N) is 2. The molecule has 1 aromatic heterocycles. The molecule has 0 spiro atoms. The minimum atomic E-state index is -0.501. The van der Waals surface area contributed by atoms with E-state index in [0.717, 1.165) is 12.8 Å². The number of amides is 1. The molecule has 122 valence electrons. The Labute approximate surface area is 136 Å². The second-order valence-electron chi connectivity index (χ2n) is 6.50. The molecule has 1 fully saturated rings. The number of pyridine rings is 1.